The zero-order valence-corrected chi connectivity index (χ0v) is 23.6. The summed E-state index contributed by atoms with van der Waals surface area (Å²) >= 11 is 1.40. The van der Waals surface area contributed by atoms with Crippen LogP contribution in [0.3, 0.4) is 0 Å². The first-order valence-electron chi connectivity index (χ1n) is 12.4. The Morgan fingerprint density at radius 3 is 2.29 bits per heavy atom. The van der Waals surface area contributed by atoms with Gasteiger partial charge in [0.25, 0.3) is 5.91 Å². The molecule has 0 radical (unpaired) electrons. The predicted octanol–water partition coefficient (Wildman–Crippen LogP) is 4.87. The van der Waals surface area contributed by atoms with Gasteiger partial charge in [-0.05, 0) is 92.4 Å². The molecule has 2 heterocycles. The van der Waals surface area contributed by atoms with Crippen LogP contribution in [-0.4, -0.2) is 43.3 Å². The minimum atomic E-state index is -3.60. The van der Waals surface area contributed by atoms with E-state index in [0.717, 1.165) is 16.7 Å². The van der Waals surface area contributed by atoms with Gasteiger partial charge in [0.15, 0.2) is 0 Å². The fraction of sp³-hybridized carbons (Fsp3) is 0.321. The maximum Gasteiger partial charge on any atom is 0.265 e. The Balaban J connectivity index is 1.31. The van der Waals surface area contributed by atoms with E-state index in [1.807, 2.05) is 49.6 Å². The van der Waals surface area contributed by atoms with Crippen LogP contribution < -0.4 is 10.7 Å². The summed E-state index contributed by atoms with van der Waals surface area (Å²) in [6.07, 6.45) is 0.866. The molecular formula is C28H32N4O4S2. The molecule has 0 unspecified atom stereocenters. The lowest BCUT2D eigenvalue weighted by Gasteiger charge is -2.30. The van der Waals surface area contributed by atoms with Crippen LogP contribution in [0.15, 0.2) is 63.9 Å². The molecule has 2 N–H and O–H groups in total. The molecule has 10 heteroatoms. The molecule has 8 nitrogen and oxygen atoms in total. The first-order valence-corrected chi connectivity index (χ1v) is 14.8. The van der Waals surface area contributed by atoms with E-state index in [9.17, 15) is 18.0 Å². The van der Waals surface area contributed by atoms with E-state index in [0.29, 0.717) is 39.6 Å². The Hall–Kier alpha value is -3.34. The molecule has 4 rings (SSSR count). The normalized spacial score (nSPS) is 15.3. The van der Waals surface area contributed by atoms with Crippen molar-refractivity contribution < 1.29 is 18.0 Å². The van der Waals surface area contributed by atoms with Crippen LogP contribution in [0.25, 0.3) is 0 Å². The lowest BCUT2D eigenvalue weighted by molar-refractivity contribution is -0.126. The summed E-state index contributed by atoms with van der Waals surface area (Å²) in [4.78, 5) is 26.2. The second kappa shape index (κ2) is 11.6. The van der Waals surface area contributed by atoms with E-state index in [1.165, 1.54) is 15.6 Å². The van der Waals surface area contributed by atoms with Crippen LogP contribution in [0.5, 0.6) is 0 Å². The summed E-state index contributed by atoms with van der Waals surface area (Å²) < 4.78 is 27.8. The van der Waals surface area contributed by atoms with Crippen molar-refractivity contribution in [3.05, 3.63) is 81.0 Å². The SMILES string of the molecule is C/C(=N/NC(=O)C1CCN(S(=O)(=O)c2cc(C)ccc2C)CC1)c1ccc(NC(=O)c2sccc2C)cc1. The summed E-state index contributed by atoms with van der Waals surface area (Å²) in [6.45, 7) is 7.94. The molecule has 1 saturated heterocycles. The molecule has 0 saturated carbocycles. The molecule has 0 aliphatic carbocycles. The first-order chi connectivity index (χ1) is 18.1. The van der Waals surface area contributed by atoms with Gasteiger partial charge in [-0.2, -0.15) is 9.41 Å². The van der Waals surface area contributed by atoms with E-state index in [2.05, 4.69) is 15.8 Å². The molecule has 1 aliphatic heterocycles. The van der Waals surface area contributed by atoms with Gasteiger partial charge in [-0.3, -0.25) is 9.59 Å². The number of nitrogens with zero attached hydrogens (tertiary/aromatic N) is 2. The topological polar surface area (TPSA) is 108 Å². The van der Waals surface area contributed by atoms with Crippen molar-refractivity contribution in [3.8, 4) is 0 Å². The highest BCUT2D eigenvalue weighted by Gasteiger charge is 2.33. The summed E-state index contributed by atoms with van der Waals surface area (Å²) in [5.74, 6) is -0.672. The van der Waals surface area contributed by atoms with Crippen molar-refractivity contribution in [2.75, 3.05) is 18.4 Å². The maximum absolute atomic E-state index is 13.1. The smallest absolute Gasteiger partial charge is 0.265 e. The molecule has 38 heavy (non-hydrogen) atoms. The number of nitrogens with one attached hydrogen (secondary N) is 2. The molecule has 200 valence electrons. The van der Waals surface area contributed by atoms with Crippen LogP contribution in [-0.2, 0) is 14.8 Å². The predicted molar refractivity (Wildman–Crippen MR) is 151 cm³/mol. The highest BCUT2D eigenvalue weighted by atomic mass is 32.2. The zero-order chi connectivity index (χ0) is 27.4. The van der Waals surface area contributed by atoms with Crippen molar-refractivity contribution in [3.63, 3.8) is 0 Å². The molecule has 2 aromatic carbocycles. The Bertz CT molecular complexity index is 1470. The number of rotatable bonds is 7. The number of carbonyl (C=O) groups excluding carboxylic acids is 2. The lowest BCUT2D eigenvalue weighted by atomic mass is 9.98. The van der Waals surface area contributed by atoms with Gasteiger partial charge in [0, 0.05) is 24.7 Å². The lowest BCUT2D eigenvalue weighted by Crippen LogP contribution is -2.42. The van der Waals surface area contributed by atoms with E-state index in [1.54, 1.807) is 32.0 Å². The van der Waals surface area contributed by atoms with Crippen molar-refractivity contribution in [1.29, 1.82) is 0 Å². The minimum Gasteiger partial charge on any atom is -0.321 e. The molecule has 3 aromatic rings. The molecular weight excluding hydrogens is 520 g/mol. The van der Waals surface area contributed by atoms with Crippen LogP contribution in [0.4, 0.5) is 5.69 Å². The Labute approximate surface area is 227 Å². The van der Waals surface area contributed by atoms with Gasteiger partial charge in [0.2, 0.25) is 15.9 Å². The van der Waals surface area contributed by atoms with Crippen molar-refractivity contribution >= 4 is 44.6 Å². The number of hydrogen-bond donors (Lipinski definition) is 2. The second-order valence-electron chi connectivity index (χ2n) is 9.58. The summed E-state index contributed by atoms with van der Waals surface area (Å²) in [5.41, 5.74) is 7.29. The first kappa shape index (κ1) is 27.7. The van der Waals surface area contributed by atoms with Crippen LogP contribution in [0.1, 0.15) is 51.7 Å². The fourth-order valence-corrected chi connectivity index (χ4v) is 6.97. The number of amides is 2. The van der Waals surface area contributed by atoms with Crippen molar-refractivity contribution in [1.82, 2.24) is 9.73 Å². The quantitative estimate of drug-likeness (QED) is 0.322. The summed E-state index contributed by atoms with van der Waals surface area (Å²) in [6, 6.07) is 14.6. The highest BCUT2D eigenvalue weighted by molar-refractivity contribution is 7.89. The Kier molecular flexibility index (Phi) is 8.44. The third-order valence-corrected chi connectivity index (χ3v) is 9.80. The van der Waals surface area contributed by atoms with Gasteiger partial charge in [0.1, 0.15) is 0 Å². The van der Waals surface area contributed by atoms with Gasteiger partial charge in [-0.1, -0.05) is 24.3 Å². The maximum atomic E-state index is 13.1. The standard InChI is InChI=1S/C28H32N4O4S2/c1-18-5-6-19(2)25(17-18)38(35,36)32-14-11-23(12-15-32)27(33)31-30-21(4)22-7-9-24(10-8-22)29-28(34)26-20(3)13-16-37-26/h5-10,13,16-17,23H,11-12,14-15H2,1-4H3,(H,29,34)(H,31,33)/b30-21-. The van der Waals surface area contributed by atoms with Gasteiger partial charge >= 0.3 is 0 Å². The average Bonchev–Trinajstić information content (AvgIpc) is 3.34. The van der Waals surface area contributed by atoms with E-state index in [-0.39, 0.29) is 30.8 Å². The van der Waals surface area contributed by atoms with Crippen molar-refractivity contribution in [2.24, 2.45) is 11.0 Å². The number of hydrazone groups is 1. The molecule has 2 amide bonds. The molecule has 1 aliphatic rings. The van der Waals surface area contributed by atoms with Gasteiger partial charge in [-0.15, -0.1) is 11.3 Å². The monoisotopic (exact) mass is 552 g/mol. The van der Waals surface area contributed by atoms with Gasteiger partial charge < -0.3 is 5.32 Å². The molecule has 1 fully saturated rings. The largest absolute Gasteiger partial charge is 0.321 e. The average molecular weight is 553 g/mol. The van der Waals surface area contributed by atoms with Crippen LogP contribution in [0, 0.1) is 26.7 Å². The number of carbonyl (C=O) groups is 2. The third kappa shape index (κ3) is 6.20. The summed E-state index contributed by atoms with van der Waals surface area (Å²) in [5, 5.41) is 9.03. The van der Waals surface area contributed by atoms with E-state index < -0.39 is 10.0 Å². The molecule has 0 bridgehead atoms. The van der Waals surface area contributed by atoms with E-state index in [4.69, 9.17) is 0 Å². The van der Waals surface area contributed by atoms with Gasteiger partial charge in [0.05, 0.1) is 15.5 Å². The number of hydrogen-bond acceptors (Lipinski definition) is 6. The number of benzene rings is 2. The second-order valence-corrected chi connectivity index (χ2v) is 12.4. The van der Waals surface area contributed by atoms with E-state index >= 15 is 0 Å². The molecule has 0 atom stereocenters. The highest BCUT2D eigenvalue weighted by Crippen LogP contribution is 2.26. The molecule has 0 spiro atoms. The third-order valence-electron chi connectivity index (χ3n) is 6.75. The minimum absolute atomic E-state index is 0.143. The number of aryl methyl sites for hydroxylation is 3. The molecule has 1 aromatic heterocycles. The number of piperidine rings is 1. The summed E-state index contributed by atoms with van der Waals surface area (Å²) in [7, 11) is -3.60. The number of anilines is 1. The number of sulfonamides is 1. The Morgan fingerprint density at radius 2 is 1.66 bits per heavy atom. The fourth-order valence-electron chi connectivity index (χ4n) is 4.37. The number of thiophene rings is 1. The van der Waals surface area contributed by atoms with Crippen molar-refractivity contribution in [2.45, 2.75) is 45.4 Å². The van der Waals surface area contributed by atoms with Gasteiger partial charge in [-0.25, -0.2) is 13.8 Å². The van der Waals surface area contributed by atoms with Crippen LogP contribution in [0.2, 0.25) is 0 Å². The Morgan fingerprint density at radius 1 is 0.974 bits per heavy atom. The van der Waals surface area contributed by atoms with Crippen LogP contribution >= 0.6 is 11.3 Å². The zero-order valence-electron chi connectivity index (χ0n) is 21.9.